The first kappa shape index (κ1) is 15.2. The van der Waals surface area contributed by atoms with Crippen LogP contribution in [0.2, 0.25) is 0 Å². The number of rotatable bonds is 4. The third-order valence-corrected chi connectivity index (χ3v) is 4.77. The smallest absolute Gasteiger partial charge is 0.256 e. The Morgan fingerprint density at radius 1 is 1.25 bits per heavy atom. The molecule has 2 N–H and O–H groups in total. The predicted molar refractivity (Wildman–Crippen MR) is 92.7 cm³/mol. The number of morpholine rings is 1. The lowest BCUT2D eigenvalue weighted by Gasteiger charge is -2.28. The minimum atomic E-state index is -0.125. The van der Waals surface area contributed by atoms with Crippen LogP contribution in [0.4, 0.5) is 11.5 Å². The zero-order chi connectivity index (χ0) is 16.5. The van der Waals surface area contributed by atoms with Crippen LogP contribution in [-0.2, 0) is 4.74 Å². The fraction of sp³-hybridized carbons (Fsp3) is 0.444. The fourth-order valence-electron chi connectivity index (χ4n) is 3.13. The first-order valence-corrected chi connectivity index (χ1v) is 8.51. The highest BCUT2D eigenvalue weighted by Gasteiger charge is 2.28. The predicted octanol–water partition coefficient (Wildman–Crippen LogP) is 2.68. The van der Waals surface area contributed by atoms with Crippen molar-refractivity contribution in [2.24, 2.45) is 0 Å². The molecular formula is C18H22N4O2. The molecule has 24 heavy (non-hydrogen) atoms. The minimum absolute atomic E-state index is 0.125. The van der Waals surface area contributed by atoms with Gasteiger partial charge in [0, 0.05) is 41.5 Å². The first-order valence-electron chi connectivity index (χ1n) is 8.51. The second kappa shape index (κ2) is 6.28. The number of H-pyrrole nitrogens is 1. The van der Waals surface area contributed by atoms with Crippen molar-refractivity contribution in [2.45, 2.75) is 25.7 Å². The summed E-state index contributed by atoms with van der Waals surface area (Å²) in [6, 6.07) is 7.72. The van der Waals surface area contributed by atoms with Crippen LogP contribution in [0.15, 0.2) is 24.3 Å². The van der Waals surface area contributed by atoms with E-state index in [4.69, 9.17) is 4.74 Å². The van der Waals surface area contributed by atoms with Crippen molar-refractivity contribution in [3.63, 3.8) is 0 Å². The summed E-state index contributed by atoms with van der Waals surface area (Å²) >= 11 is 0. The van der Waals surface area contributed by atoms with Crippen LogP contribution >= 0.6 is 0 Å². The van der Waals surface area contributed by atoms with Crippen LogP contribution in [0.3, 0.4) is 0 Å². The Labute approximate surface area is 141 Å². The summed E-state index contributed by atoms with van der Waals surface area (Å²) in [5.41, 5.74) is 3.98. The van der Waals surface area contributed by atoms with Gasteiger partial charge in [0.25, 0.3) is 5.91 Å². The van der Waals surface area contributed by atoms with Crippen LogP contribution < -0.4 is 10.2 Å². The number of nitrogens with one attached hydrogen (secondary N) is 2. The monoisotopic (exact) mass is 326 g/mol. The molecule has 0 bridgehead atoms. The van der Waals surface area contributed by atoms with Gasteiger partial charge >= 0.3 is 0 Å². The Morgan fingerprint density at radius 3 is 2.62 bits per heavy atom. The third-order valence-electron chi connectivity index (χ3n) is 4.77. The van der Waals surface area contributed by atoms with Gasteiger partial charge < -0.3 is 15.0 Å². The van der Waals surface area contributed by atoms with Crippen molar-refractivity contribution in [2.75, 3.05) is 36.5 Å². The largest absolute Gasteiger partial charge is 0.378 e. The molecule has 1 aromatic heterocycles. The Bertz CT molecular complexity index is 728. The van der Waals surface area contributed by atoms with E-state index in [0.717, 1.165) is 43.2 Å². The summed E-state index contributed by atoms with van der Waals surface area (Å²) in [6.07, 6.45) is 2.42. The SMILES string of the molecule is Cc1c(NC(=O)c2ccc(N3CCOCC3)cc2)n[nH]c1C1CC1. The number of aromatic amines is 1. The van der Waals surface area contributed by atoms with E-state index in [1.165, 1.54) is 12.8 Å². The van der Waals surface area contributed by atoms with Gasteiger partial charge in [0.2, 0.25) is 0 Å². The Morgan fingerprint density at radius 2 is 1.96 bits per heavy atom. The highest BCUT2D eigenvalue weighted by atomic mass is 16.5. The quantitative estimate of drug-likeness (QED) is 0.906. The van der Waals surface area contributed by atoms with Crippen LogP contribution in [0.1, 0.15) is 40.4 Å². The maximum Gasteiger partial charge on any atom is 0.256 e. The molecule has 2 fully saturated rings. The molecule has 1 aliphatic carbocycles. The second-order valence-electron chi connectivity index (χ2n) is 6.49. The zero-order valence-electron chi connectivity index (χ0n) is 13.8. The molecule has 2 aromatic rings. The van der Waals surface area contributed by atoms with E-state index in [9.17, 15) is 4.79 Å². The first-order chi connectivity index (χ1) is 11.7. The van der Waals surface area contributed by atoms with Gasteiger partial charge in [-0.2, -0.15) is 5.10 Å². The average Bonchev–Trinajstić information content (AvgIpc) is 3.41. The highest BCUT2D eigenvalue weighted by Crippen LogP contribution is 2.41. The number of aromatic nitrogens is 2. The van der Waals surface area contributed by atoms with E-state index < -0.39 is 0 Å². The van der Waals surface area contributed by atoms with Gasteiger partial charge in [-0.15, -0.1) is 0 Å². The van der Waals surface area contributed by atoms with Gasteiger partial charge in [-0.05, 0) is 44.0 Å². The number of amides is 1. The van der Waals surface area contributed by atoms with Crippen molar-refractivity contribution in [3.05, 3.63) is 41.1 Å². The molecule has 1 aromatic carbocycles. The van der Waals surface area contributed by atoms with Crippen LogP contribution in [-0.4, -0.2) is 42.4 Å². The van der Waals surface area contributed by atoms with Crippen LogP contribution in [0, 0.1) is 6.92 Å². The van der Waals surface area contributed by atoms with Gasteiger partial charge in [0.05, 0.1) is 13.2 Å². The Hall–Kier alpha value is -2.34. The van der Waals surface area contributed by atoms with Gasteiger partial charge in [0.15, 0.2) is 5.82 Å². The standard InChI is InChI=1S/C18H22N4O2/c1-12-16(13-2-3-13)20-21-17(12)19-18(23)14-4-6-15(7-5-14)22-8-10-24-11-9-22/h4-7,13H,2-3,8-11H2,1H3,(H2,19,20,21,23). The topological polar surface area (TPSA) is 70.2 Å². The summed E-state index contributed by atoms with van der Waals surface area (Å²) in [5.74, 6) is 1.11. The van der Waals surface area contributed by atoms with Crippen molar-refractivity contribution in [3.8, 4) is 0 Å². The van der Waals surface area contributed by atoms with Gasteiger partial charge in [-0.1, -0.05) is 0 Å². The maximum atomic E-state index is 12.5. The van der Waals surface area contributed by atoms with Crippen molar-refractivity contribution in [1.82, 2.24) is 10.2 Å². The molecule has 2 heterocycles. The normalized spacial score (nSPS) is 17.8. The van der Waals surface area contributed by atoms with Crippen molar-refractivity contribution < 1.29 is 9.53 Å². The average molecular weight is 326 g/mol. The number of benzene rings is 1. The Balaban J connectivity index is 1.44. The third kappa shape index (κ3) is 3.01. The lowest BCUT2D eigenvalue weighted by Crippen LogP contribution is -2.36. The lowest BCUT2D eigenvalue weighted by atomic mass is 10.1. The van der Waals surface area contributed by atoms with E-state index in [2.05, 4.69) is 20.4 Å². The summed E-state index contributed by atoms with van der Waals surface area (Å²) in [7, 11) is 0. The van der Waals surface area contributed by atoms with Crippen molar-refractivity contribution >= 4 is 17.4 Å². The summed E-state index contributed by atoms with van der Waals surface area (Å²) in [4.78, 5) is 14.7. The van der Waals surface area contributed by atoms with Gasteiger partial charge in [0.1, 0.15) is 0 Å². The molecule has 0 spiro atoms. The number of nitrogens with zero attached hydrogens (tertiary/aromatic N) is 2. The molecule has 1 amide bonds. The molecule has 1 aliphatic heterocycles. The minimum Gasteiger partial charge on any atom is -0.378 e. The molecular weight excluding hydrogens is 304 g/mol. The summed E-state index contributed by atoms with van der Waals surface area (Å²) in [6.45, 7) is 5.30. The molecule has 0 atom stereocenters. The molecule has 0 unspecified atom stereocenters. The fourth-order valence-corrected chi connectivity index (χ4v) is 3.13. The molecule has 6 heteroatoms. The van der Waals surface area contributed by atoms with E-state index in [1.54, 1.807) is 0 Å². The molecule has 4 rings (SSSR count). The number of hydrogen-bond donors (Lipinski definition) is 2. The van der Waals surface area contributed by atoms with Crippen molar-refractivity contribution in [1.29, 1.82) is 0 Å². The van der Waals surface area contributed by atoms with E-state index in [-0.39, 0.29) is 5.91 Å². The zero-order valence-corrected chi connectivity index (χ0v) is 13.8. The van der Waals surface area contributed by atoms with Gasteiger partial charge in [-0.3, -0.25) is 9.89 Å². The number of hydrogen-bond acceptors (Lipinski definition) is 4. The molecule has 126 valence electrons. The molecule has 1 saturated carbocycles. The van der Waals surface area contributed by atoms with Crippen LogP contribution in [0.5, 0.6) is 0 Å². The molecule has 6 nitrogen and oxygen atoms in total. The molecule has 2 aliphatic rings. The molecule has 1 saturated heterocycles. The summed E-state index contributed by atoms with van der Waals surface area (Å²) in [5, 5.41) is 10.2. The number of anilines is 2. The Kier molecular flexibility index (Phi) is 3.98. The number of ether oxygens (including phenoxy) is 1. The van der Waals surface area contributed by atoms with E-state index in [1.807, 2.05) is 31.2 Å². The van der Waals surface area contributed by atoms with E-state index >= 15 is 0 Å². The maximum absolute atomic E-state index is 12.5. The highest BCUT2D eigenvalue weighted by molar-refractivity contribution is 6.04. The van der Waals surface area contributed by atoms with Gasteiger partial charge in [-0.25, -0.2) is 0 Å². The second-order valence-corrected chi connectivity index (χ2v) is 6.49. The summed E-state index contributed by atoms with van der Waals surface area (Å²) < 4.78 is 5.37. The van der Waals surface area contributed by atoms with Crippen LogP contribution in [0.25, 0.3) is 0 Å². The number of carbonyl (C=O) groups is 1. The lowest BCUT2D eigenvalue weighted by molar-refractivity contribution is 0.102. The van der Waals surface area contributed by atoms with E-state index in [0.29, 0.717) is 17.3 Å². The number of carbonyl (C=O) groups excluding carboxylic acids is 1. The molecule has 0 radical (unpaired) electrons.